The van der Waals surface area contributed by atoms with E-state index < -0.39 is 18.8 Å². The lowest BCUT2D eigenvalue weighted by Crippen LogP contribution is -2.46. The van der Waals surface area contributed by atoms with Crippen molar-refractivity contribution in [3.8, 4) is 0 Å². The van der Waals surface area contributed by atoms with Crippen molar-refractivity contribution in [2.45, 2.75) is 6.18 Å². The first kappa shape index (κ1) is 15.0. The molecule has 0 unspecified atom stereocenters. The lowest BCUT2D eigenvalue weighted by molar-refractivity contribution is -0.123. The molecule has 0 saturated carbocycles. The number of carbonyl (C=O) groups is 1. The van der Waals surface area contributed by atoms with Crippen molar-refractivity contribution < 1.29 is 22.7 Å². The van der Waals surface area contributed by atoms with E-state index in [-0.39, 0.29) is 26.2 Å². The van der Waals surface area contributed by atoms with Crippen molar-refractivity contribution >= 4 is 6.03 Å². The zero-order valence-electron chi connectivity index (χ0n) is 9.01. The SMILES string of the molecule is COCCN(CCN)C(=O)NCC(F)(F)F. The minimum absolute atomic E-state index is 0.184. The summed E-state index contributed by atoms with van der Waals surface area (Å²) in [7, 11) is 1.44. The Labute approximate surface area is 91.7 Å². The van der Waals surface area contributed by atoms with Crippen LogP contribution in [0.2, 0.25) is 0 Å². The highest BCUT2D eigenvalue weighted by Gasteiger charge is 2.28. The van der Waals surface area contributed by atoms with Gasteiger partial charge in [0.25, 0.3) is 0 Å². The van der Waals surface area contributed by atoms with E-state index in [0.717, 1.165) is 0 Å². The summed E-state index contributed by atoms with van der Waals surface area (Å²) in [6.07, 6.45) is -4.41. The summed E-state index contributed by atoms with van der Waals surface area (Å²) in [4.78, 5) is 12.5. The van der Waals surface area contributed by atoms with Crippen molar-refractivity contribution in [3.63, 3.8) is 0 Å². The second-order valence-corrected chi connectivity index (χ2v) is 3.04. The minimum atomic E-state index is -4.41. The second-order valence-electron chi connectivity index (χ2n) is 3.04. The Kier molecular flexibility index (Phi) is 6.82. The Morgan fingerprint density at radius 1 is 1.44 bits per heavy atom. The normalized spacial score (nSPS) is 11.3. The minimum Gasteiger partial charge on any atom is -0.383 e. The van der Waals surface area contributed by atoms with E-state index in [0.29, 0.717) is 0 Å². The maximum atomic E-state index is 11.8. The third kappa shape index (κ3) is 7.30. The summed E-state index contributed by atoms with van der Waals surface area (Å²) in [6.45, 7) is -0.521. The van der Waals surface area contributed by atoms with Gasteiger partial charge in [0.15, 0.2) is 0 Å². The van der Waals surface area contributed by atoms with Gasteiger partial charge in [-0.05, 0) is 0 Å². The molecule has 0 aromatic heterocycles. The van der Waals surface area contributed by atoms with Gasteiger partial charge in [-0.1, -0.05) is 0 Å². The highest BCUT2D eigenvalue weighted by atomic mass is 19.4. The third-order valence-corrected chi connectivity index (χ3v) is 1.69. The summed E-state index contributed by atoms with van der Waals surface area (Å²) in [5.74, 6) is 0. The number of nitrogens with zero attached hydrogens (tertiary/aromatic N) is 1. The number of halogens is 3. The number of nitrogens with two attached hydrogens (primary N) is 1. The Morgan fingerprint density at radius 2 is 2.06 bits per heavy atom. The van der Waals surface area contributed by atoms with Crippen LogP contribution in [0.25, 0.3) is 0 Å². The molecular formula is C8H16F3N3O2. The lowest BCUT2D eigenvalue weighted by atomic mass is 10.5. The van der Waals surface area contributed by atoms with E-state index in [1.165, 1.54) is 12.0 Å². The molecule has 0 aromatic carbocycles. The number of amides is 2. The van der Waals surface area contributed by atoms with E-state index >= 15 is 0 Å². The maximum absolute atomic E-state index is 11.8. The van der Waals surface area contributed by atoms with Gasteiger partial charge < -0.3 is 20.7 Å². The van der Waals surface area contributed by atoms with E-state index in [4.69, 9.17) is 10.5 Å². The van der Waals surface area contributed by atoms with Crippen LogP contribution in [0, 0.1) is 0 Å². The first-order valence-corrected chi connectivity index (χ1v) is 4.69. The first-order valence-electron chi connectivity index (χ1n) is 4.69. The summed E-state index contributed by atoms with van der Waals surface area (Å²) in [6, 6.07) is -0.792. The zero-order chi connectivity index (χ0) is 12.6. The predicted molar refractivity (Wildman–Crippen MR) is 52.0 cm³/mol. The number of methoxy groups -OCH3 is 1. The molecule has 5 nitrogen and oxygen atoms in total. The molecule has 3 N–H and O–H groups in total. The van der Waals surface area contributed by atoms with Crippen LogP contribution in [0.1, 0.15) is 0 Å². The molecule has 8 heteroatoms. The number of urea groups is 1. The van der Waals surface area contributed by atoms with Gasteiger partial charge >= 0.3 is 12.2 Å². The van der Waals surface area contributed by atoms with E-state index in [1.807, 2.05) is 0 Å². The van der Waals surface area contributed by atoms with Crippen LogP contribution >= 0.6 is 0 Å². The van der Waals surface area contributed by atoms with Crippen LogP contribution in [0.5, 0.6) is 0 Å². The molecule has 2 amide bonds. The van der Waals surface area contributed by atoms with Gasteiger partial charge in [-0.25, -0.2) is 4.79 Å². The first-order chi connectivity index (χ1) is 7.40. The van der Waals surface area contributed by atoms with Gasteiger partial charge in [0.2, 0.25) is 0 Å². The fourth-order valence-electron chi connectivity index (χ4n) is 0.960. The Balaban J connectivity index is 4.05. The number of rotatable bonds is 6. The molecular weight excluding hydrogens is 227 g/mol. The van der Waals surface area contributed by atoms with Crippen molar-refractivity contribution in [3.05, 3.63) is 0 Å². The standard InChI is InChI=1S/C8H16F3N3O2/c1-16-5-4-14(3-2-12)7(15)13-6-8(9,10)11/h2-6,12H2,1H3,(H,13,15). The molecule has 0 aliphatic carbocycles. The average Bonchev–Trinajstić information content (AvgIpc) is 2.19. The molecule has 0 heterocycles. The second kappa shape index (κ2) is 7.29. The van der Waals surface area contributed by atoms with Crippen LogP contribution in [0.4, 0.5) is 18.0 Å². The monoisotopic (exact) mass is 243 g/mol. The van der Waals surface area contributed by atoms with Gasteiger partial charge in [-0.15, -0.1) is 0 Å². The number of hydrogen-bond acceptors (Lipinski definition) is 3. The summed E-state index contributed by atoms with van der Waals surface area (Å²) in [5, 5.41) is 1.77. The van der Waals surface area contributed by atoms with Crippen molar-refractivity contribution in [1.82, 2.24) is 10.2 Å². The fourth-order valence-corrected chi connectivity index (χ4v) is 0.960. The lowest BCUT2D eigenvalue weighted by Gasteiger charge is -2.22. The maximum Gasteiger partial charge on any atom is 0.405 e. The summed E-state index contributed by atoms with van der Waals surface area (Å²) >= 11 is 0. The predicted octanol–water partition coefficient (Wildman–Crippen LogP) is 0.165. The average molecular weight is 243 g/mol. The smallest absolute Gasteiger partial charge is 0.383 e. The third-order valence-electron chi connectivity index (χ3n) is 1.69. The Hall–Kier alpha value is -1.02. The summed E-state index contributed by atoms with van der Waals surface area (Å²) in [5.41, 5.74) is 5.24. The van der Waals surface area contributed by atoms with Crippen LogP contribution < -0.4 is 11.1 Å². The number of alkyl halides is 3. The molecule has 0 aromatic rings. The molecule has 0 saturated heterocycles. The molecule has 0 spiro atoms. The van der Waals surface area contributed by atoms with Crippen LogP contribution in [-0.2, 0) is 4.74 Å². The van der Waals surface area contributed by atoms with Gasteiger partial charge in [0.05, 0.1) is 6.61 Å². The number of ether oxygens (including phenoxy) is 1. The quantitative estimate of drug-likeness (QED) is 0.698. The number of carbonyl (C=O) groups excluding carboxylic acids is 1. The van der Waals surface area contributed by atoms with Gasteiger partial charge in [-0.3, -0.25) is 0 Å². The highest BCUT2D eigenvalue weighted by molar-refractivity contribution is 5.74. The van der Waals surface area contributed by atoms with Crippen LogP contribution in [-0.4, -0.2) is 57.0 Å². The molecule has 0 rings (SSSR count). The van der Waals surface area contributed by atoms with E-state index in [9.17, 15) is 18.0 Å². The van der Waals surface area contributed by atoms with Crippen LogP contribution in [0.15, 0.2) is 0 Å². The van der Waals surface area contributed by atoms with Crippen molar-refractivity contribution in [1.29, 1.82) is 0 Å². The molecule has 16 heavy (non-hydrogen) atoms. The molecule has 0 bridgehead atoms. The molecule has 96 valence electrons. The zero-order valence-corrected chi connectivity index (χ0v) is 9.01. The fraction of sp³-hybridized carbons (Fsp3) is 0.875. The van der Waals surface area contributed by atoms with Gasteiger partial charge in [0.1, 0.15) is 6.54 Å². The molecule has 0 aliphatic rings. The number of nitrogens with one attached hydrogen (secondary N) is 1. The van der Waals surface area contributed by atoms with Crippen molar-refractivity contribution in [2.24, 2.45) is 5.73 Å². The van der Waals surface area contributed by atoms with Gasteiger partial charge in [0, 0.05) is 26.7 Å². The molecule has 0 fully saturated rings. The van der Waals surface area contributed by atoms with Crippen LogP contribution in [0.3, 0.4) is 0 Å². The molecule has 0 aliphatic heterocycles. The Bertz CT molecular complexity index is 211. The largest absolute Gasteiger partial charge is 0.405 e. The summed E-state index contributed by atoms with van der Waals surface area (Å²) < 4.78 is 40.2. The molecule has 0 atom stereocenters. The topological polar surface area (TPSA) is 67.6 Å². The Morgan fingerprint density at radius 3 is 2.50 bits per heavy atom. The highest BCUT2D eigenvalue weighted by Crippen LogP contribution is 2.12. The molecule has 0 radical (unpaired) electrons. The number of hydrogen-bond donors (Lipinski definition) is 2. The van der Waals surface area contributed by atoms with Gasteiger partial charge in [-0.2, -0.15) is 13.2 Å². The van der Waals surface area contributed by atoms with Crippen molar-refractivity contribution in [2.75, 3.05) is 39.9 Å². The van der Waals surface area contributed by atoms with E-state index in [1.54, 1.807) is 5.32 Å². The van der Waals surface area contributed by atoms with E-state index in [2.05, 4.69) is 0 Å².